The van der Waals surface area contributed by atoms with Gasteiger partial charge in [-0.25, -0.2) is 9.78 Å². The van der Waals surface area contributed by atoms with Crippen molar-refractivity contribution in [3.8, 4) is 0 Å². The first kappa shape index (κ1) is 17.9. The molecule has 1 aliphatic rings. The molecule has 1 N–H and O–H groups in total. The molecule has 0 spiro atoms. The van der Waals surface area contributed by atoms with Crippen LogP contribution in [0.5, 0.6) is 0 Å². The first-order valence-corrected chi connectivity index (χ1v) is 8.85. The van der Waals surface area contributed by atoms with E-state index in [0.29, 0.717) is 50.2 Å². The fraction of sp³-hybridized carbons (Fsp3) is 0.444. The molecule has 1 saturated heterocycles. The molecular weight excluding hydrogens is 334 g/mol. The summed E-state index contributed by atoms with van der Waals surface area (Å²) in [5, 5.41) is 3.32. The second-order valence-corrected chi connectivity index (χ2v) is 6.21. The lowest BCUT2D eigenvalue weighted by molar-refractivity contribution is -0.132. The van der Waals surface area contributed by atoms with Crippen molar-refractivity contribution >= 4 is 22.8 Å². The Balaban J connectivity index is 1.56. The van der Waals surface area contributed by atoms with Crippen molar-refractivity contribution < 1.29 is 9.59 Å². The zero-order valence-corrected chi connectivity index (χ0v) is 14.9. The molecule has 8 nitrogen and oxygen atoms in total. The van der Waals surface area contributed by atoms with E-state index in [1.54, 1.807) is 28.0 Å². The predicted molar refractivity (Wildman–Crippen MR) is 97.8 cm³/mol. The second-order valence-electron chi connectivity index (χ2n) is 6.21. The maximum Gasteiger partial charge on any atom is 0.317 e. The third-order valence-corrected chi connectivity index (χ3v) is 4.55. The highest BCUT2D eigenvalue weighted by atomic mass is 16.2. The summed E-state index contributed by atoms with van der Waals surface area (Å²) in [6.45, 7) is 4.84. The van der Waals surface area contributed by atoms with E-state index < -0.39 is 0 Å². The van der Waals surface area contributed by atoms with Crippen LogP contribution in [0.15, 0.2) is 35.4 Å². The van der Waals surface area contributed by atoms with Crippen LogP contribution in [0.3, 0.4) is 0 Å². The van der Waals surface area contributed by atoms with Gasteiger partial charge in [-0.2, -0.15) is 0 Å². The van der Waals surface area contributed by atoms with Crippen LogP contribution in [0.25, 0.3) is 10.9 Å². The molecule has 138 valence electrons. The Labute approximate surface area is 151 Å². The van der Waals surface area contributed by atoms with Crippen LogP contribution in [-0.4, -0.2) is 64.0 Å². The molecule has 26 heavy (non-hydrogen) atoms. The van der Waals surface area contributed by atoms with Gasteiger partial charge in [-0.15, -0.1) is 0 Å². The molecule has 0 aliphatic carbocycles. The third kappa shape index (κ3) is 3.84. The second kappa shape index (κ2) is 7.99. The van der Waals surface area contributed by atoms with Crippen LogP contribution in [0.2, 0.25) is 0 Å². The largest absolute Gasteiger partial charge is 0.339 e. The molecule has 0 unspecified atom stereocenters. The van der Waals surface area contributed by atoms with Gasteiger partial charge in [-0.05, 0) is 19.1 Å². The number of aromatic nitrogens is 2. The highest BCUT2D eigenvalue weighted by Gasteiger charge is 2.23. The minimum absolute atomic E-state index is 0.0133. The van der Waals surface area contributed by atoms with Gasteiger partial charge in [-0.1, -0.05) is 12.1 Å². The lowest BCUT2D eigenvalue weighted by Crippen LogP contribution is -2.53. The molecule has 2 heterocycles. The van der Waals surface area contributed by atoms with Crippen LogP contribution >= 0.6 is 0 Å². The summed E-state index contributed by atoms with van der Waals surface area (Å²) < 4.78 is 1.48. The molecular formula is C18H23N5O3. The molecule has 1 aliphatic heterocycles. The molecule has 0 atom stereocenters. The molecule has 0 bridgehead atoms. The zero-order chi connectivity index (χ0) is 18.5. The van der Waals surface area contributed by atoms with E-state index in [4.69, 9.17) is 0 Å². The van der Waals surface area contributed by atoms with Crippen molar-refractivity contribution in [2.45, 2.75) is 19.9 Å². The maximum absolute atomic E-state index is 12.4. The van der Waals surface area contributed by atoms with Crippen LogP contribution < -0.4 is 10.9 Å². The van der Waals surface area contributed by atoms with Crippen molar-refractivity contribution in [3.05, 3.63) is 40.9 Å². The van der Waals surface area contributed by atoms with Gasteiger partial charge in [0.1, 0.15) is 0 Å². The number of fused-ring (bicyclic) bond motifs is 1. The molecule has 0 radical (unpaired) electrons. The molecule has 2 aromatic rings. The number of aryl methyl sites for hydroxylation is 1. The first-order valence-electron chi connectivity index (χ1n) is 8.85. The quantitative estimate of drug-likeness (QED) is 0.871. The average Bonchev–Trinajstić information content (AvgIpc) is 2.68. The number of para-hydroxylation sites is 1. The number of carbonyl (C=O) groups is 2. The Kier molecular flexibility index (Phi) is 5.50. The lowest BCUT2D eigenvalue weighted by Gasteiger charge is -2.34. The van der Waals surface area contributed by atoms with Gasteiger partial charge in [0.15, 0.2) is 0 Å². The SMILES string of the molecule is CCNC(=O)N1CCN(C(=O)CCn2cnc3ccccc3c2=O)CC1. The smallest absolute Gasteiger partial charge is 0.317 e. The zero-order valence-electron chi connectivity index (χ0n) is 14.9. The number of amides is 3. The van der Waals surface area contributed by atoms with Crippen LogP contribution in [-0.2, 0) is 11.3 Å². The summed E-state index contributed by atoms with van der Waals surface area (Å²) in [6, 6.07) is 7.08. The minimum Gasteiger partial charge on any atom is -0.339 e. The van der Waals surface area contributed by atoms with E-state index in [0.717, 1.165) is 0 Å². The number of nitrogens with one attached hydrogen (secondary N) is 1. The molecule has 8 heteroatoms. The van der Waals surface area contributed by atoms with E-state index in [1.807, 2.05) is 13.0 Å². The third-order valence-electron chi connectivity index (χ3n) is 4.55. The van der Waals surface area contributed by atoms with Crippen LogP contribution in [0.1, 0.15) is 13.3 Å². The molecule has 1 aromatic carbocycles. The molecule has 3 amide bonds. The number of hydrogen-bond acceptors (Lipinski definition) is 4. The van der Waals surface area contributed by atoms with Gasteiger partial charge in [0.05, 0.1) is 17.2 Å². The maximum atomic E-state index is 12.4. The predicted octanol–water partition coefficient (Wildman–Crippen LogP) is 0.660. The first-order chi connectivity index (χ1) is 12.6. The summed E-state index contributed by atoms with van der Waals surface area (Å²) in [5.41, 5.74) is 0.519. The van der Waals surface area contributed by atoms with Gasteiger partial charge in [0.2, 0.25) is 5.91 Å². The van der Waals surface area contributed by atoms with Crippen molar-refractivity contribution in [2.24, 2.45) is 0 Å². The fourth-order valence-electron chi connectivity index (χ4n) is 3.06. The lowest BCUT2D eigenvalue weighted by atomic mass is 10.2. The summed E-state index contributed by atoms with van der Waals surface area (Å²) in [7, 11) is 0. The number of carbonyl (C=O) groups excluding carboxylic acids is 2. The van der Waals surface area contributed by atoms with Crippen LogP contribution in [0.4, 0.5) is 4.79 Å². The topological polar surface area (TPSA) is 87.5 Å². The Morgan fingerprint density at radius 2 is 1.81 bits per heavy atom. The van der Waals surface area contributed by atoms with Gasteiger partial charge < -0.3 is 15.1 Å². The Morgan fingerprint density at radius 3 is 2.54 bits per heavy atom. The fourth-order valence-corrected chi connectivity index (χ4v) is 3.06. The number of urea groups is 1. The van der Waals surface area contributed by atoms with E-state index in [9.17, 15) is 14.4 Å². The standard InChI is InChI=1S/C18H23N5O3/c1-2-19-18(26)22-11-9-21(10-12-22)16(24)7-8-23-13-20-15-6-4-3-5-14(15)17(23)25/h3-6,13H,2,7-12H2,1H3,(H,19,26). The normalized spacial score (nSPS) is 14.5. The van der Waals surface area contributed by atoms with Crippen molar-refractivity contribution in [1.29, 1.82) is 0 Å². The monoisotopic (exact) mass is 357 g/mol. The summed E-state index contributed by atoms with van der Waals surface area (Å²) >= 11 is 0. The summed E-state index contributed by atoms with van der Waals surface area (Å²) in [5.74, 6) is -0.0133. The molecule has 1 aromatic heterocycles. The van der Waals surface area contributed by atoms with Crippen molar-refractivity contribution in [2.75, 3.05) is 32.7 Å². The highest BCUT2D eigenvalue weighted by Crippen LogP contribution is 2.07. The molecule has 1 fully saturated rings. The minimum atomic E-state index is -0.135. The van der Waals surface area contributed by atoms with Crippen molar-refractivity contribution in [1.82, 2.24) is 24.7 Å². The van der Waals surface area contributed by atoms with E-state index in [2.05, 4.69) is 10.3 Å². The molecule has 0 saturated carbocycles. The van der Waals surface area contributed by atoms with Gasteiger partial charge in [-0.3, -0.25) is 14.2 Å². The number of nitrogens with zero attached hydrogens (tertiary/aromatic N) is 4. The number of hydrogen-bond donors (Lipinski definition) is 1. The number of rotatable bonds is 4. The summed E-state index contributed by atoms with van der Waals surface area (Å²) in [4.78, 5) is 44.4. The van der Waals surface area contributed by atoms with E-state index >= 15 is 0 Å². The Bertz CT molecular complexity index is 855. The average molecular weight is 357 g/mol. The van der Waals surface area contributed by atoms with Gasteiger partial charge >= 0.3 is 6.03 Å². The summed E-state index contributed by atoms with van der Waals surface area (Å²) in [6.07, 6.45) is 1.73. The Hall–Kier alpha value is -2.90. The van der Waals surface area contributed by atoms with Crippen LogP contribution in [0, 0.1) is 0 Å². The highest BCUT2D eigenvalue weighted by molar-refractivity contribution is 5.78. The van der Waals surface area contributed by atoms with E-state index in [-0.39, 0.29) is 23.9 Å². The molecule has 3 rings (SSSR count). The van der Waals surface area contributed by atoms with Gasteiger partial charge in [0, 0.05) is 45.7 Å². The number of benzene rings is 1. The van der Waals surface area contributed by atoms with E-state index in [1.165, 1.54) is 10.9 Å². The van der Waals surface area contributed by atoms with Crippen molar-refractivity contribution in [3.63, 3.8) is 0 Å². The Morgan fingerprint density at radius 1 is 1.12 bits per heavy atom. The van der Waals surface area contributed by atoms with Gasteiger partial charge in [0.25, 0.3) is 5.56 Å². The number of piperazine rings is 1.